The molecule has 1 fully saturated rings. The monoisotopic (exact) mass is 250 g/mol. The summed E-state index contributed by atoms with van der Waals surface area (Å²) in [5, 5.41) is 4.31. The van der Waals surface area contributed by atoms with Crippen molar-refractivity contribution < 1.29 is 4.79 Å². The van der Waals surface area contributed by atoms with Gasteiger partial charge in [-0.05, 0) is 19.3 Å². The summed E-state index contributed by atoms with van der Waals surface area (Å²) < 4.78 is 2.04. The van der Waals surface area contributed by atoms with Crippen LogP contribution in [0.2, 0.25) is 0 Å². The Balaban J connectivity index is 1.96. The van der Waals surface area contributed by atoms with E-state index in [9.17, 15) is 4.79 Å². The van der Waals surface area contributed by atoms with Crippen LogP contribution >= 0.6 is 0 Å². The highest BCUT2D eigenvalue weighted by Gasteiger charge is 2.25. The maximum absolute atomic E-state index is 11.3. The molecule has 0 bridgehead atoms. The van der Waals surface area contributed by atoms with Crippen molar-refractivity contribution in [1.82, 2.24) is 19.7 Å². The highest BCUT2D eigenvalue weighted by molar-refractivity contribution is 5.73. The molecule has 2 heterocycles. The molecule has 0 aromatic carbocycles. The van der Waals surface area contributed by atoms with Crippen molar-refractivity contribution in [3.63, 3.8) is 0 Å². The molecule has 0 spiro atoms. The molecule has 2 rings (SSSR count). The number of unbranched alkanes of at least 4 members (excludes halogenated alkanes) is 1. The molecule has 100 valence electrons. The van der Waals surface area contributed by atoms with E-state index in [0.29, 0.717) is 5.92 Å². The van der Waals surface area contributed by atoms with Crippen molar-refractivity contribution in [2.45, 2.75) is 52.0 Å². The van der Waals surface area contributed by atoms with Crippen molar-refractivity contribution in [3.05, 3.63) is 12.2 Å². The molecule has 0 unspecified atom stereocenters. The van der Waals surface area contributed by atoms with Gasteiger partial charge in [0.25, 0.3) is 0 Å². The third kappa shape index (κ3) is 2.89. The van der Waals surface area contributed by atoms with Gasteiger partial charge in [0, 0.05) is 32.5 Å². The number of hydrogen-bond donors (Lipinski definition) is 0. The second kappa shape index (κ2) is 5.98. The van der Waals surface area contributed by atoms with E-state index in [1.54, 1.807) is 13.3 Å². The minimum atomic E-state index is 0.181. The minimum Gasteiger partial charge on any atom is -0.343 e. The molecule has 5 nitrogen and oxygen atoms in total. The predicted octanol–water partition coefficient (Wildman–Crippen LogP) is 1.80. The average molecular weight is 250 g/mol. The Hall–Kier alpha value is -1.39. The number of carbonyl (C=O) groups excluding carboxylic acids is 1. The molecule has 0 atom stereocenters. The van der Waals surface area contributed by atoms with Crippen molar-refractivity contribution in [2.24, 2.45) is 0 Å². The SMILES string of the molecule is CCCCn1ncnc1C1CCN(C(C)=O)CC1. The Morgan fingerprint density at radius 2 is 2.17 bits per heavy atom. The second-order valence-electron chi connectivity index (χ2n) is 4.98. The fraction of sp³-hybridized carbons (Fsp3) is 0.769. The summed E-state index contributed by atoms with van der Waals surface area (Å²) in [6, 6.07) is 0. The van der Waals surface area contributed by atoms with Gasteiger partial charge in [-0.1, -0.05) is 13.3 Å². The fourth-order valence-corrected chi connectivity index (χ4v) is 2.52. The zero-order valence-electron chi connectivity index (χ0n) is 11.3. The van der Waals surface area contributed by atoms with E-state index in [-0.39, 0.29) is 5.91 Å². The summed E-state index contributed by atoms with van der Waals surface area (Å²) in [5.74, 6) is 1.74. The average Bonchev–Trinajstić information content (AvgIpc) is 2.84. The van der Waals surface area contributed by atoms with Gasteiger partial charge < -0.3 is 4.90 Å². The van der Waals surface area contributed by atoms with Crippen LogP contribution in [0.25, 0.3) is 0 Å². The second-order valence-corrected chi connectivity index (χ2v) is 4.98. The number of piperidine rings is 1. The van der Waals surface area contributed by atoms with Gasteiger partial charge in [0.2, 0.25) is 5.91 Å². The first-order valence-electron chi connectivity index (χ1n) is 6.85. The van der Waals surface area contributed by atoms with Crippen LogP contribution in [0.4, 0.5) is 0 Å². The molecule has 0 radical (unpaired) electrons. The van der Waals surface area contributed by atoms with Crippen LogP contribution in [0.3, 0.4) is 0 Å². The predicted molar refractivity (Wildman–Crippen MR) is 69.2 cm³/mol. The molecule has 0 N–H and O–H groups in total. The molecule has 5 heteroatoms. The molecular weight excluding hydrogens is 228 g/mol. The Kier molecular flexibility index (Phi) is 4.33. The normalized spacial score (nSPS) is 17.1. The summed E-state index contributed by atoms with van der Waals surface area (Å²) >= 11 is 0. The largest absolute Gasteiger partial charge is 0.343 e. The summed E-state index contributed by atoms with van der Waals surface area (Å²) in [6.45, 7) is 6.48. The van der Waals surface area contributed by atoms with E-state index in [4.69, 9.17) is 0 Å². The summed E-state index contributed by atoms with van der Waals surface area (Å²) in [7, 11) is 0. The Morgan fingerprint density at radius 1 is 1.44 bits per heavy atom. The van der Waals surface area contributed by atoms with Gasteiger partial charge in [0.1, 0.15) is 12.2 Å². The molecule has 1 amide bonds. The standard InChI is InChI=1S/C13H22N4O/c1-3-4-7-17-13(14-10-15-17)12-5-8-16(9-6-12)11(2)18/h10,12H,3-9H2,1-2H3. The van der Waals surface area contributed by atoms with Crippen molar-refractivity contribution >= 4 is 5.91 Å². The first kappa shape index (κ1) is 13.1. The van der Waals surface area contributed by atoms with Crippen LogP contribution in [0, 0.1) is 0 Å². The van der Waals surface area contributed by atoms with Crippen LogP contribution in [0.1, 0.15) is 51.3 Å². The van der Waals surface area contributed by atoms with E-state index in [2.05, 4.69) is 17.0 Å². The van der Waals surface area contributed by atoms with Gasteiger partial charge in [-0.15, -0.1) is 0 Å². The lowest BCUT2D eigenvalue weighted by Gasteiger charge is -2.30. The Bertz CT molecular complexity index is 393. The quantitative estimate of drug-likeness (QED) is 0.819. The smallest absolute Gasteiger partial charge is 0.219 e. The lowest BCUT2D eigenvalue weighted by Crippen LogP contribution is -2.36. The van der Waals surface area contributed by atoms with E-state index >= 15 is 0 Å². The molecule has 0 aliphatic carbocycles. The number of aromatic nitrogens is 3. The number of rotatable bonds is 4. The summed E-state index contributed by atoms with van der Waals surface area (Å²) in [5.41, 5.74) is 0. The summed E-state index contributed by atoms with van der Waals surface area (Å²) in [6.07, 6.45) is 5.97. The van der Waals surface area contributed by atoms with Crippen LogP contribution < -0.4 is 0 Å². The summed E-state index contributed by atoms with van der Waals surface area (Å²) in [4.78, 5) is 17.6. The fourth-order valence-electron chi connectivity index (χ4n) is 2.52. The van der Waals surface area contributed by atoms with E-state index < -0.39 is 0 Å². The first-order chi connectivity index (χ1) is 8.72. The minimum absolute atomic E-state index is 0.181. The molecule has 1 aliphatic rings. The molecule has 0 saturated carbocycles. The Morgan fingerprint density at radius 3 is 2.78 bits per heavy atom. The molecular formula is C13H22N4O. The van der Waals surface area contributed by atoms with Gasteiger partial charge in [0.15, 0.2) is 0 Å². The van der Waals surface area contributed by atoms with Gasteiger partial charge in [-0.25, -0.2) is 9.67 Å². The van der Waals surface area contributed by atoms with Crippen LogP contribution in [-0.4, -0.2) is 38.7 Å². The number of hydrogen-bond acceptors (Lipinski definition) is 3. The van der Waals surface area contributed by atoms with Gasteiger partial charge >= 0.3 is 0 Å². The molecule has 1 aromatic rings. The van der Waals surface area contributed by atoms with E-state index in [1.165, 1.54) is 6.42 Å². The number of aryl methyl sites for hydroxylation is 1. The number of amides is 1. The van der Waals surface area contributed by atoms with Gasteiger partial charge in [-0.2, -0.15) is 5.10 Å². The maximum atomic E-state index is 11.3. The Labute approximate surface area is 108 Å². The van der Waals surface area contributed by atoms with Crippen molar-refractivity contribution in [3.8, 4) is 0 Å². The van der Waals surface area contributed by atoms with Crippen LogP contribution in [0.15, 0.2) is 6.33 Å². The molecule has 1 saturated heterocycles. The van der Waals surface area contributed by atoms with Gasteiger partial charge in [-0.3, -0.25) is 4.79 Å². The van der Waals surface area contributed by atoms with E-state index in [1.807, 2.05) is 9.58 Å². The zero-order chi connectivity index (χ0) is 13.0. The van der Waals surface area contributed by atoms with Crippen molar-refractivity contribution in [2.75, 3.05) is 13.1 Å². The number of likely N-dealkylation sites (tertiary alicyclic amines) is 1. The van der Waals surface area contributed by atoms with Crippen molar-refractivity contribution in [1.29, 1.82) is 0 Å². The zero-order valence-corrected chi connectivity index (χ0v) is 11.3. The topological polar surface area (TPSA) is 51.0 Å². The highest BCUT2D eigenvalue weighted by atomic mass is 16.2. The third-order valence-corrected chi connectivity index (χ3v) is 3.67. The van der Waals surface area contributed by atoms with Crippen LogP contribution in [0.5, 0.6) is 0 Å². The van der Waals surface area contributed by atoms with E-state index in [0.717, 1.165) is 44.7 Å². The number of nitrogens with zero attached hydrogens (tertiary/aromatic N) is 4. The lowest BCUT2D eigenvalue weighted by atomic mass is 9.96. The first-order valence-corrected chi connectivity index (χ1v) is 6.85. The molecule has 1 aliphatic heterocycles. The highest BCUT2D eigenvalue weighted by Crippen LogP contribution is 2.26. The third-order valence-electron chi connectivity index (χ3n) is 3.67. The number of carbonyl (C=O) groups is 1. The van der Waals surface area contributed by atoms with Crippen LogP contribution in [-0.2, 0) is 11.3 Å². The molecule has 18 heavy (non-hydrogen) atoms. The van der Waals surface area contributed by atoms with Gasteiger partial charge in [0.05, 0.1) is 0 Å². The maximum Gasteiger partial charge on any atom is 0.219 e. The lowest BCUT2D eigenvalue weighted by molar-refractivity contribution is -0.129. The molecule has 1 aromatic heterocycles.